The van der Waals surface area contributed by atoms with Crippen LogP contribution in [0.15, 0.2) is 18.2 Å². The van der Waals surface area contributed by atoms with Gasteiger partial charge in [-0.15, -0.1) is 0 Å². The Morgan fingerprint density at radius 2 is 1.95 bits per heavy atom. The summed E-state index contributed by atoms with van der Waals surface area (Å²) in [7, 11) is 2.00. The molecule has 0 aromatic heterocycles. The fraction of sp³-hybridized carbons (Fsp3) is 0.583. The molecule has 37 heavy (non-hydrogen) atoms. The van der Waals surface area contributed by atoms with Gasteiger partial charge in [-0.2, -0.15) is 0 Å². The van der Waals surface area contributed by atoms with Crippen LogP contribution in [0.1, 0.15) is 13.3 Å². The first-order chi connectivity index (χ1) is 17.7. The van der Waals surface area contributed by atoms with Crippen LogP contribution < -0.4 is 20.4 Å². The van der Waals surface area contributed by atoms with Gasteiger partial charge in [0.25, 0.3) is 0 Å². The molecule has 2 N–H and O–H groups in total. The monoisotopic (exact) mass is 536 g/mol. The number of ether oxygens (including phenoxy) is 1. The summed E-state index contributed by atoms with van der Waals surface area (Å²) < 4.78 is 20.6. The van der Waals surface area contributed by atoms with E-state index in [4.69, 9.17) is 4.74 Å². The highest BCUT2D eigenvalue weighted by Crippen LogP contribution is 2.32. The zero-order valence-corrected chi connectivity index (χ0v) is 21.9. The van der Waals surface area contributed by atoms with Gasteiger partial charge in [0.15, 0.2) is 5.12 Å². The number of benzene rings is 1. The van der Waals surface area contributed by atoms with Crippen molar-refractivity contribution in [1.29, 1.82) is 0 Å². The minimum atomic E-state index is -0.603. The molecular formula is C24H33FN6O5S. The summed E-state index contributed by atoms with van der Waals surface area (Å²) in [6.07, 6.45) is -1.31. The average Bonchev–Trinajstić information content (AvgIpc) is 3.24. The van der Waals surface area contributed by atoms with Crippen LogP contribution in [-0.2, 0) is 19.1 Å². The Balaban J connectivity index is 1.38. The van der Waals surface area contributed by atoms with Gasteiger partial charge < -0.3 is 30.1 Å². The molecule has 3 saturated heterocycles. The van der Waals surface area contributed by atoms with Crippen molar-refractivity contribution in [2.45, 2.75) is 24.8 Å². The molecule has 1 unspecified atom stereocenters. The molecule has 11 nitrogen and oxygen atoms in total. The Morgan fingerprint density at radius 3 is 2.65 bits per heavy atom. The molecule has 3 fully saturated rings. The van der Waals surface area contributed by atoms with Crippen molar-refractivity contribution < 1.29 is 28.3 Å². The Morgan fingerprint density at radius 1 is 1.19 bits per heavy atom. The molecule has 0 spiro atoms. The SMILES string of the molecule is CC(=O)NC[C@H]1CN(c2ccc(N3CCNCC3SC(=O)CC(=O)N3CCN(C)CC3)c(F)c2)C(=O)O1. The third-order valence-electron chi connectivity index (χ3n) is 6.62. The van der Waals surface area contributed by atoms with E-state index < -0.39 is 18.0 Å². The quantitative estimate of drug-likeness (QED) is 0.480. The largest absolute Gasteiger partial charge is 0.442 e. The van der Waals surface area contributed by atoms with Crippen LogP contribution in [0.4, 0.5) is 20.6 Å². The number of cyclic esters (lactones) is 1. The number of carbonyl (C=O) groups excluding carboxylic acids is 4. The minimum absolute atomic E-state index is 0.175. The number of piperazine rings is 2. The van der Waals surface area contributed by atoms with Crippen molar-refractivity contribution in [1.82, 2.24) is 20.4 Å². The van der Waals surface area contributed by atoms with Crippen molar-refractivity contribution in [3.63, 3.8) is 0 Å². The van der Waals surface area contributed by atoms with Crippen molar-refractivity contribution in [2.24, 2.45) is 0 Å². The maximum absolute atomic E-state index is 15.3. The molecule has 3 amide bonds. The number of thioether (sulfide) groups is 1. The van der Waals surface area contributed by atoms with Crippen LogP contribution in [0.5, 0.6) is 0 Å². The molecule has 4 rings (SSSR count). The molecule has 3 heterocycles. The van der Waals surface area contributed by atoms with E-state index in [0.29, 0.717) is 44.1 Å². The summed E-state index contributed by atoms with van der Waals surface area (Å²) in [6, 6.07) is 4.51. The van der Waals surface area contributed by atoms with Crippen molar-refractivity contribution in [3.8, 4) is 0 Å². The zero-order chi connectivity index (χ0) is 26.5. The Hall–Kier alpha value is -2.90. The third kappa shape index (κ3) is 6.90. The van der Waals surface area contributed by atoms with Gasteiger partial charge >= 0.3 is 6.09 Å². The fourth-order valence-electron chi connectivity index (χ4n) is 4.54. The number of anilines is 2. The predicted octanol–water partition coefficient (Wildman–Crippen LogP) is 0.447. The number of hydrogen-bond acceptors (Lipinski definition) is 9. The summed E-state index contributed by atoms with van der Waals surface area (Å²) in [6.45, 7) is 6.12. The molecule has 202 valence electrons. The van der Waals surface area contributed by atoms with E-state index in [2.05, 4.69) is 15.5 Å². The van der Waals surface area contributed by atoms with Crippen LogP contribution in [0.3, 0.4) is 0 Å². The lowest BCUT2D eigenvalue weighted by Gasteiger charge is -2.37. The second-order valence-corrected chi connectivity index (χ2v) is 10.6. The van der Waals surface area contributed by atoms with Gasteiger partial charge in [-0.05, 0) is 25.2 Å². The number of nitrogens with zero attached hydrogens (tertiary/aromatic N) is 4. The summed E-state index contributed by atoms with van der Waals surface area (Å²) in [5, 5.41) is 5.22. The zero-order valence-electron chi connectivity index (χ0n) is 21.1. The van der Waals surface area contributed by atoms with Crippen LogP contribution in [-0.4, -0.2) is 110 Å². The smallest absolute Gasteiger partial charge is 0.414 e. The van der Waals surface area contributed by atoms with Crippen LogP contribution >= 0.6 is 11.8 Å². The highest BCUT2D eigenvalue weighted by atomic mass is 32.2. The second-order valence-electron chi connectivity index (χ2n) is 9.39. The molecule has 13 heteroatoms. The number of carbonyl (C=O) groups is 4. The summed E-state index contributed by atoms with van der Waals surface area (Å²) >= 11 is 1.04. The molecule has 1 aromatic rings. The first-order valence-electron chi connectivity index (χ1n) is 12.4. The van der Waals surface area contributed by atoms with E-state index in [1.54, 1.807) is 17.0 Å². The van der Waals surface area contributed by atoms with Gasteiger partial charge in [-0.3, -0.25) is 19.3 Å². The molecule has 1 aromatic carbocycles. The van der Waals surface area contributed by atoms with Gasteiger partial charge in [-0.1, -0.05) is 11.8 Å². The van der Waals surface area contributed by atoms with E-state index in [0.717, 1.165) is 24.9 Å². The number of rotatable bonds is 7. The van der Waals surface area contributed by atoms with Gasteiger partial charge in [0.2, 0.25) is 11.8 Å². The maximum atomic E-state index is 15.3. The van der Waals surface area contributed by atoms with Crippen molar-refractivity contribution in [2.75, 3.05) is 75.8 Å². The highest BCUT2D eigenvalue weighted by molar-refractivity contribution is 8.14. The highest BCUT2D eigenvalue weighted by Gasteiger charge is 2.34. The summed E-state index contributed by atoms with van der Waals surface area (Å²) in [5.74, 6) is -0.926. The number of likely N-dealkylation sites (N-methyl/N-ethyl adjacent to an activating group) is 1. The number of amides is 3. The van der Waals surface area contributed by atoms with Crippen LogP contribution in [0.25, 0.3) is 0 Å². The topological polar surface area (TPSA) is 115 Å². The lowest BCUT2D eigenvalue weighted by atomic mass is 10.2. The average molecular weight is 537 g/mol. The first-order valence-corrected chi connectivity index (χ1v) is 13.2. The van der Waals surface area contributed by atoms with Crippen molar-refractivity contribution >= 4 is 46.2 Å². The number of halogens is 1. The van der Waals surface area contributed by atoms with Crippen LogP contribution in [0, 0.1) is 5.82 Å². The molecule has 0 saturated carbocycles. The predicted molar refractivity (Wildman–Crippen MR) is 138 cm³/mol. The van der Waals surface area contributed by atoms with E-state index >= 15 is 4.39 Å². The summed E-state index contributed by atoms with van der Waals surface area (Å²) in [5.41, 5.74) is 0.674. The molecule has 3 aliphatic rings. The third-order valence-corrected chi connectivity index (χ3v) is 7.72. The first kappa shape index (κ1) is 27.1. The minimum Gasteiger partial charge on any atom is -0.442 e. The lowest BCUT2D eigenvalue weighted by molar-refractivity contribution is -0.134. The van der Waals surface area contributed by atoms with E-state index in [9.17, 15) is 19.2 Å². The second kappa shape index (κ2) is 12.1. The lowest BCUT2D eigenvalue weighted by Crippen LogP contribution is -2.51. The fourth-order valence-corrected chi connectivity index (χ4v) is 5.60. The Bertz CT molecular complexity index is 1040. The molecule has 2 atom stereocenters. The van der Waals surface area contributed by atoms with Gasteiger partial charge in [0, 0.05) is 52.7 Å². The maximum Gasteiger partial charge on any atom is 0.414 e. The van der Waals surface area contributed by atoms with Crippen molar-refractivity contribution in [3.05, 3.63) is 24.0 Å². The van der Waals surface area contributed by atoms with E-state index in [-0.39, 0.29) is 41.8 Å². The van der Waals surface area contributed by atoms with Gasteiger partial charge in [0.05, 0.1) is 36.3 Å². The van der Waals surface area contributed by atoms with Crippen LogP contribution in [0.2, 0.25) is 0 Å². The molecular weight excluding hydrogens is 503 g/mol. The van der Waals surface area contributed by atoms with E-state index in [1.165, 1.54) is 17.9 Å². The normalized spacial score (nSPS) is 22.7. The van der Waals surface area contributed by atoms with E-state index in [1.807, 2.05) is 11.9 Å². The Kier molecular flexibility index (Phi) is 8.87. The molecule has 0 aliphatic carbocycles. The van der Waals surface area contributed by atoms with Gasteiger partial charge in [-0.25, -0.2) is 9.18 Å². The number of hydrogen-bond donors (Lipinski definition) is 2. The standard InChI is InChI=1S/C24H33FN6O5S/c1-16(32)27-13-18-15-31(24(35)36-18)17-3-4-20(19(25)11-17)30-6-5-26-14-22(30)37-23(34)12-21(33)29-9-7-28(2)8-10-29/h3-4,11,18,22,26H,5-10,12-15H2,1-2H3,(H,27,32)/t18-,22?/m0/s1. The van der Waals surface area contributed by atoms with Gasteiger partial charge in [0.1, 0.15) is 11.9 Å². The molecule has 3 aliphatic heterocycles. The number of nitrogens with one attached hydrogen (secondary N) is 2. The molecule has 0 radical (unpaired) electrons. The Labute approximate surface area is 219 Å². The summed E-state index contributed by atoms with van der Waals surface area (Å²) in [4.78, 5) is 55.8. The molecule has 0 bridgehead atoms.